The van der Waals surface area contributed by atoms with E-state index in [0.717, 1.165) is 20.3 Å². The first kappa shape index (κ1) is 12.8. The van der Waals surface area contributed by atoms with Gasteiger partial charge in [-0.25, -0.2) is 4.98 Å². The maximum atomic E-state index is 6.10. The van der Waals surface area contributed by atoms with Gasteiger partial charge in [-0.15, -0.1) is 11.8 Å². The number of rotatable bonds is 2. The summed E-state index contributed by atoms with van der Waals surface area (Å²) in [6.07, 6.45) is 2.07. The number of para-hydroxylation sites is 1. The Morgan fingerprint density at radius 1 is 1.21 bits per heavy atom. The van der Waals surface area contributed by atoms with E-state index in [-0.39, 0.29) is 0 Å². The smallest absolute Gasteiger partial charge is 0.205 e. The molecule has 0 bridgehead atoms. The predicted octanol–water partition coefficient (Wildman–Crippen LogP) is 3.93. The lowest BCUT2D eigenvalue weighted by Crippen LogP contribution is -2.01. The van der Waals surface area contributed by atoms with Gasteiger partial charge in [-0.2, -0.15) is 0 Å². The van der Waals surface area contributed by atoms with E-state index in [4.69, 9.17) is 5.73 Å². The van der Waals surface area contributed by atoms with Crippen LogP contribution in [0.2, 0.25) is 0 Å². The first-order chi connectivity index (χ1) is 9.20. The van der Waals surface area contributed by atoms with Crippen molar-refractivity contribution >= 4 is 51.3 Å². The van der Waals surface area contributed by atoms with Crippen LogP contribution < -0.4 is 5.73 Å². The van der Waals surface area contributed by atoms with Gasteiger partial charge in [0.1, 0.15) is 0 Å². The van der Waals surface area contributed by atoms with Crippen molar-refractivity contribution in [3.05, 3.63) is 46.0 Å². The molecule has 0 unspecified atom stereocenters. The number of imidazole rings is 1. The third-order valence-electron chi connectivity index (χ3n) is 2.97. The van der Waals surface area contributed by atoms with E-state index in [0.29, 0.717) is 5.95 Å². The minimum absolute atomic E-state index is 0.526. The number of aromatic nitrogens is 2. The summed E-state index contributed by atoms with van der Waals surface area (Å²) in [7, 11) is 0. The number of nitrogen functional groups attached to an aromatic ring is 1. The van der Waals surface area contributed by atoms with Crippen molar-refractivity contribution in [1.82, 2.24) is 9.55 Å². The second kappa shape index (κ2) is 5.05. The SMILES string of the molecule is CSc1ccccc1-n1c(N)nc2cc(I)ccc21. The quantitative estimate of drug-likeness (QED) is 0.540. The average molecular weight is 381 g/mol. The number of nitrogens with zero attached hydrogens (tertiary/aromatic N) is 2. The van der Waals surface area contributed by atoms with Gasteiger partial charge in [0, 0.05) is 8.47 Å². The molecule has 0 saturated carbocycles. The number of halogens is 1. The highest BCUT2D eigenvalue weighted by atomic mass is 127. The van der Waals surface area contributed by atoms with Crippen molar-refractivity contribution in [2.24, 2.45) is 0 Å². The van der Waals surface area contributed by atoms with Gasteiger partial charge in [0.05, 0.1) is 16.7 Å². The van der Waals surface area contributed by atoms with Crippen molar-refractivity contribution in [2.75, 3.05) is 12.0 Å². The van der Waals surface area contributed by atoms with Gasteiger partial charge in [0.15, 0.2) is 0 Å². The number of hydrogen-bond donors (Lipinski definition) is 1. The minimum atomic E-state index is 0.526. The molecule has 3 nitrogen and oxygen atoms in total. The van der Waals surface area contributed by atoms with Gasteiger partial charge >= 0.3 is 0 Å². The molecule has 96 valence electrons. The molecule has 2 N–H and O–H groups in total. The molecule has 5 heteroatoms. The molecule has 3 aromatic rings. The third kappa shape index (κ3) is 2.21. The molecule has 0 saturated heterocycles. The Hall–Kier alpha value is -1.21. The number of anilines is 1. The van der Waals surface area contributed by atoms with Crippen LogP contribution in [0.3, 0.4) is 0 Å². The average Bonchev–Trinajstić information content (AvgIpc) is 2.73. The van der Waals surface area contributed by atoms with Gasteiger partial charge < -0.3 is 5.73 Å². The van der Waals surface area contributed by atoms with E-state index >= 15 is 0 Å². The van der Waals surface area contributed by atoms with Crippen LogP contribution in [0.1, 0.15) is 0 Å². The highest BCUT2D eigenvalue weighted by Crippen LogP contribution is 2.30. The lowest BCUT2D eigenvalue weighted by molar-refractivity contribution is 1.07. The summed E-state index contributed by atoms with van der Waals surface area (Å²) in [6.45, 7) is 0. The second-order valence-corrected chi connectivity index (χ2v) is 6.20. The molecule has 0 fully saturated rings. The van der Waals surface area contributed by atoms with Crippen molar-refractivity contribution in [1.29, 1.82) is 0 Å². The highest BCUT2D eigenvalue weighted by molar-refractivity contribution is 14.1. The summed E-state index contributed by atoms with van der Waals surface area (Å²) >= 11 is 3.99. The summed E-state index contributed by atoms with van der Waals surface area (Å²) < 4.78 is 3.17. The molecule has 1 heterocycles. The van der Waals surface area contributed by atoms with Crippen LogP contribution in [-0.4, -0.2) is 15.8 Å². The fraction of sp³-hybridized carbons (Fsp3) is 0.0714. The van der Waals surface area contributed by atoms with E-state index in [1.54, 1.807) is 11.8 Å². The zero-order chi connectivity index (χ0) is 13.4. The second-order valence-electron chi connectivity index (χ2n) is 4.11. The molecule has 3 rings (SSSR count). The molecule has 1 aromatic heterocycles. The molecule has 0 amide bonds. The number of fused-ring (bicyclic) bond motifs is 1. The molecule has 0 atom stereocenters. The molecule has 0 aliphatic heterocycles. The van der Waals surface area contributed by atoms with E-state index in [9.17, 15) is 0 Å². The summed E-state index contributed by atoms with van der Waals surface area (Å²) in [5, 5.41) is 0. The first-order valence-electron chi connectivity index (χ1n) is 5.77. The van der Waals surface area contributed by atoms with E-state index in [1.807, 2.05) is 22.8 Å². The van der Waals surface area contributed by atoms with E-state index in [1.165, 1.54) is 4.90 Å². The Morgan fingerprint density at radius 2 is 2.00 bits per heavy atom. The Bertz CT molecular complexity index is 752. The molecule has 19 heavy (non-hydrogen) atoms. The summed E-state index contributed by atoms with van der Waals surface area (Å²) in [4.78, 5) is 5.64. The van der Waals surface area contributed by atoms with Crippen LogP contribution in [0.25, 0.3) is 16.7 Å². The molecular weight excluding hydrogens is 369 g/mol. The fourth-order valence-electron chi connectivity index (χ4n) is 2.14. The fourth-order valence-corrected chi connectivity index (χ4v) is 3.20. The van der Waals surface area contributed by atoms with Crippen LogP contribution in [0.4, 0.5) is 5.95 Å². The van der Waals surface area contributed by atoms with Crippen molar-refractivity contribution < 1.29 is 0 Å². The molecule has 0 spiro atoms. The van der Waals surface area contributed by atoms with Crippen molar-refractivity contribution in [3.8, 4) is 5.69 Å². The van der Waals surface area contributed by atoms with Crippen LogP contribution in [0.5, 0.6) is 0 Å². The molecular formula is C14H12IN3S. The summed E-state index contributed by atoms with van der Waals surface area (Å²) in [5.41, 5.74) is 9.15. The third-order valence-corrected chi connectivity index (χ3v) is 4.42. The molecule has 0 radical (unpaired) electrons. The van der Waals surface area contributed by atoms with E-state index < -0.39 is 0 Å². The zero-order valence-corrected chi connectivity index (χ0v) is 13.3. The predicted molar refractivity (Wildman–Crippen MR) is 90.0 cm³/mol. The maximum Gasteiger partial charge on any atom is 0.205 e. The zero-order valence-electron chi connectivity index (χ0n) is 10.3. The molecule has 0 aliphatic rings. The standard InChI is InChI=1S/C14H12IN3S/c1-19-13-5-3-2-4-12(13)18-11-7-6-9(15)8-10(11)17-14(18)16/h2-8H,1H3,(H2,16,17). The Morgan fingerprint density at radius 3 is 2.79 bits per heavy atom. The molecule has 2 aromatic carbocycles. The highest BCUT2D eigenvalue weighted by Gasteiger charge is 2.12. The van der Waals surface area contributed by atoms with Gasteiger partial charge in [-0.3, -0.25) is 4.57 Å². The largest absolute Gasteiger partial charge is 0.369 e. The number of hydrogen-bond acceptors (Lipinski definition) is 3. The van der Waals surface area contributed by atoms with Gasteiger partial charge in [0.2, 0.25) is 5.95 Å². The topological polar surface area (TPSA) is 43.8 Å². The van der Waals surface area contributed by atoms with Crippen LogP contribution >= 0.6 is 34.4 Å². The van der Waals surface area contributed by atoms with Crippen LogP contribution in [0, 0.1) is 3.57 Å². The number of benzene rings is 2. The van der Waals surface area contributed by atoms with Gasteiger partial charge in [-0.05, 0) is 59.2 Å². The minimum Gasteiger partial charge on any atom is -0.369 e. The summed E-state index contributed by atoms with van der Waals surface area (Å²) in [5.74, 6) is 0.526. The Balaban J connectivity index is 2.33. The van der Waals surface area contributed by atoms with Crippen LogP contribution in [-0.2, 0) is 0 Å². The first-order valence-corrected chi connectivity index (χ1v) is 8.08. The van der Waals surface area contributed by atoms with Crippen LogP contribution in [0.15, 0.2) is 47.4 Å². The molecule has 0 aliphatic carbocycles. The van der Waals surface area contributed by atoms with Crippen molar-refractivity contribution in [2.45, 2.75) is 4.90 Å². The van der Waals surface area contributed by atoms with Gasteiger partial charge in [0.25, 0.3) is 0 Å². The Labute approximate surface area is 129 Å². The number of thioether (sulfide) groups is 1. The van der Waals surface area contributed by atoms with E-state index in [2.05, 4.69) is 58.1 Å². The van der Waals surface area contributed by atoms with Gasteiger partial charge in [-0.1, -0.05) is 12.1 Å². The Kier molecular flexibility index (Phi) is 3.40. The summed E-state index contributed by atoms with van der Waals surface area (Å²) in [6, 6.07) is 14.4. The lowest BCUT2D eigenvalue weighted by Gasteiger charge is -2.10. The monoisotopic (exact) mass is 381 g/mol. The number of nitrogens with two attached hydrogens (primary N) is 1. The normalized spacial score (nSPS) is 11.1. The maximum absolute atomic E-state index is 6.10. The van der Waals surface area contributed by atoms with Crippen molar-refractivity contribution in [3.63, 3.8) is 0 Å². The lowest BCUT2D eigenvalue weighted by atomic mass is 10.3.